The third-order valence-corrected chi connectivity index (χ3v) is 7.26. The van der Waals surface area contributed by atoms with Gasteiger partial charge in [-0.25, -0.2) is 27.9 Å². The fraction of sp³-hybridized carbons (Fsp3) is 0.314. The van der Waals surface area contributed by atoms with Gasteiger partial charge in [-0.15, -0.1) is 0 Å². The lowest BCUT2D eigenvalue weighted by Crippen LogP contribution is -2.18. The molecule has 2 aromatic heterocycles. The highest BCUT2D eigenvalue weighted by molar-refractivity contribution is 9.10. The van der Waals surface area contributed by atoms with Crippen LogP contribution in [0.4, 0.5) is 13.2 Å². The second kappa shape index (κ2) is 22.0. The number of halogens is 5. The summed E-state index contributed by atoms with van der Waals surface area (Å²) in [5.41, 5.74) is 0.425. The number of aliphatic carboxylic acids is 1. The Morgan fingerprint density at radius 2 is 1.35 bits per heavy atom. The van der Waals surface area contributed by atoms with Gasteiger partial charge in [-0.05, 0) is 82.0 Å². The van der Waals surface area contributed by atoms with E-state index in [1.54, 1.807) is 56.3 Å². The van der Waals surface area contributed by atoms with Gasteiger partial charge in [0.25, 0.3) is 0 Å². The number of carboxylic acid groups (broad SMARTS) is 1. The molecule has 0 radical (unpaired) electrons. The van der Waals surface area contributed by atoms with E-state index in [9.17, 15) is 27.9 Å². The van der Waals surface area contributed by atoms with Crippen molar-refractivity contribution in [2.45, 2.75) is 32.4 Å². The summed E-state index contributed by atoms with van der Waals surface area (Å²) in [6, 6.07) is 23.0. The molecule has 0 amide bonds. The van der Waals surface area contributed by atoms with E-state index in [0.29, 0.717) is 37.7 Å². The predicted molar refractivity (Wildman–Crippen MR) is 184 cm³/mol. The van der Waals surface area contributed by atoms with E-state index in [-0.39, 0.29) is 28.3 Å². The van der Waals surface area contributed by atoms with Crippen molar-refractivity contribution in [3.05, 3.63) is 123 Å². The summed E-state index contributed by atoms with van der Waals surface area (Å²) >= 11 is 5.88. The first kappa shape index (κ1) is 41.3. The first-order valence-corrected chi connectivity index (χ1v) is 16.5. The first-order chi connectivity index (χ1) is 23.3. The molecule has 0 aliphatic rings. The van der Waals surface area contributed by atoms with Crippen molar-refractivity contribution in [1.82, 2.24) is 9.97 Å². The van der Waals surface area contributed by atoms with Crippen molar-refractivity contribution in [2.75, 3.05) is 39.6 Å². The van der Waals surface area contributed by atoms with Gasteiger partial charge < -0.3 is 24.1 Å². The third kappa shape index (κ3) is 15.9. The molecule has 0 fully saturated rings. The lowest BCUT2D eigenvalue weighted by molar-refractivity contribution is -0.147. The molecule has 4 rings (SSSR count). The van der Waals surface area contributed by atoms with Crippen LogP contribution < -0.4 is 4.74 Å². The van der Waals surface area contributed by atoms with Gasteiger partial charge in [-0.3, -0.25) is 4.79 Å². The summed E-state index contributed by atoms with van der Waals surface area (Å²) in [5, 5.41) is 9.29. The summed E-state index contributed by atoms with van der Waals surface area (Å²) in [4.78, 5) is 30.4. The van der Waals surface area contributed by atoms with Crippen LogP contribution in [0.2, 0.25) is 0 Å². The maximum Gasteiger partial charge on any atom is 0.344 e. The number of nitrogens with zero attached hydrogens (tertiary/aromatic N) is 2. The Labute approximate surface area is 300 Å². The van der Waals surface area contributed by atoms with Crippen molar-refractivity contribution >= 4 is 43.8 Å². The van der Waals surface area contributed by atoms with Crippen LogP contribution in [0.5, 0.6) is 5.88 Å². The maximum atomic E-state index is 13.1. The van der Waals surface area contributed by atoms with Gasteiger partial charge in [-0.2, -0.15) is 0 Å². The number of hydrogen-bond acceptors (Lipinski definition) is 8. The summed E-state index contributed by atoms with van der Waals surface area (Å²) < 4.78 is 59.4. The highest BCUT2D eigenvalue weighted by Crippen LogP contribution is 2.26. The lowest BCUT2D eigenvalue weighted by Gasteiger charge is -2.13. The number of hydrogen-bond donors (Lipinski definition) is 1. The second-order valence-electron chi connectivity index (χ2n) is 10.3. The minimum atomic E-state index is -1.21. The average Bonchev–Trinajstić information content (AvgIpc) is 3.07. The summed E-state index contributed by atoms with van der Waals surface area (Å²) in [6.45, 7) is 6.75. The largest absolute Gasteiger partial charge is 0.480 e. The predicted octanol–water partition coefficient (Wildman–Crippen LogP) is 8.05. The molecule has 0 aliphatic carbocycles. The molecule has 264 valence electrons. The van der Waals surface area contributed by atoms with E-state index in [1.807, 2.05) is 25.1 Å². The molecule has 14 heteroatoms. The van der Waals surface area contributed by atoms with E-state index in [2.05, 4.69) is 41.8 Å². The second-order valence-corrected chi connectivity index (χ2v) is 11.8. The first-order valence-electron chi connectivity index (χ1n) is 14.9. The number of carboxylic acids is 1. The Hall–Kier alpha value is -3.85. The van der Waals surface area contributed by atoms with Crippen LogP contribution >= 0.6 is 31.9 Å². The molecule has 0 bridgehead atoms. The van der Waals surface area contributed by atoms with E-state index in [4.69, 9.17) is 18.9 Å². The van der Waals surface area contributed by atoms with Gasteiger partial charge in [0.2, 0.25) is 5.88 Å². The van der Waals surface area contributed by atoms with Crippen LogP contribution in [0.1, 0.15) is 43.5 Å². The Bertz CT molecular complexity index is 1580. The molecule has 0 saturated carbocycles. The van der Waals surface area contributed by atoms with E-state index >= 15 is 0 Å². The number of carbonyl (C=O) groups excluding carboxylic acids is 1. The van der Waals surface area contributed by atoms with Crippen LogP contribution in [-0.2, 0) is 29.5 Å². The van der Waals surface area contributed by atoms with Crippen molar-refractivity contribution in [3.63, 3.8) is 0 Å². The van der Waals surface area contributed by atoms with Gasteiger partial charge in [0.1, 0.15) is 27.4 Å². The quantitative estimate of drug-likeness (QED) is 0.0767. The van der Waals surface area contributed by atoms with E-state index < -0.39 is 35.2 Å². The standard InChI is InChI=1S/C13H17BrFNO5.C13H9BrFNO2.C9H11F/c1-2-18-5-6-19-7-8-20-12(17)9-21-11-4-3-10(15)13(14)16-11;14-12-9(15)6-7-10(16-12)11(13(17)18)8-4-2-1-3-5-8;1-9(2,10)8-6-4-3-5-7-8/h3-4H,2,5-9H2,1H3;1-7,11H,(H,17,18);3-7H,1-2H3. The number of ether oxygens (including phenoxy) is 4. The molecule has 1 atom stereocenters. The topological polar surface area (TPSA) is 117 Å². The SMILES string of the molecule is CC(C)(F)c1ccccc1.CCOCCOCCOC(=O)COc1ccc(F)c(Br)n1.O=C(O)C(c1ccccc1)c1ccc(F)c(Br)n1. The monoisotopic (exact) mass is 812 g/mol. The Kier molecular flexibility index (Phi) is 18.5. The van der Waals surface area contributed by atoms with Gasteiger partial charge >= 0.3 is 11.9 Å². The normalized spacial score (nSPS) is 11.3. The number of alkyl halides is 1. The molecule has 4 aromatic rings. The zero-order valence-electron chi connectivity index (χ0n) is 27.1. The zero-order chi connectivity index (χ0) is 36.2. The zero-order valence-corrected chi connectivity index (χ0v) is 30.3. The Morgan fingerprint density at radius 3 is 1.88 bits per heavy atom. The van der Waals surface area contributed by atoms with Crippen LogP contribution in [0.25, 0.3) is 0 Å². The number of carbonyl (C=O) groups is 2. The molecule has 1 unspecified atom stereocenters. The molecule has 1 N–H and O–H groups in total. The Morgan fingerprint density at radius 1 is 0.796 bits per heavy atom. The van der Waals surface area contributed by atoms with Crippen LogP contribution in [0, 0.1) is 11.6 Å². The molecular formula is C35H37Br2F3N2O7. The van der Waals surface area contributed by atoms with Crippen molar-refractivity contribution < 1.29 is 46.8 Å². The fourth-order valence-corrected chi connectivity index (χ4v) is 4.39. The van der Waals surface area contributed by atoms with Gasteiger partial charge in [0.05, 0.1) is 25.5 Å². The van der Waals surface area contributed by atoms with E-state index in [0.717, 1.165) is 5.56 Å². The number of esters is 1. The number of pyridine rings is 2. The summed E-state index contributed by atoms with van der Waals surface area (Å²) in [7, 11) is 0. The van der Waals surface area contributed by atoms with Crippen molar-refractivity contribution in [2.24, 2.45) is 0 Å². The molecular weight excluding hydrogens is 777 g/mol. The van der Waals surface area contributed by atoms with Crippen molar-refractivity contribution in [1.29, 1.82) is 0 Å². The van der Waals surface area contributed by atoms with Crippen molar-refractivity contribution in [3.8, 4) is 5.88 Å². The molecule has 0 aliphatic heterocycles. The minimum absolute atomic E-state index is 0.0159. The molecule has 49 heavy (non-hydrogen) atoms. The molecule has 0 saturated heterocycles. The highest BCUT2D eigenvalue weighted by Gasteiger charge is 2.24. The van der Waals surface area contributed by atoms with Crippen LogP contribution in [0.3, 0.4) is 0 Å². The van der Waals surface area contributed by atoms with Crippen LogP contribution in [0.15, 0.2) is 94.1 Å². The van der Waals surface area contributed by atoms with Gasteiger partial charge in [0.15, 0.2) is 18.2 Å². The van der Waals surface area contributed by atoms with Gasteiger partial charge in [-0.1, -0.05) is 60.7 Å². The summed E-state index contributed by atoms with van der Waals surface area (Å²) in [6.07, 6.45) is 0. The average molecular weight is 814 g/mol. The Balaban J connectivity index is 0.000000270. The van der Waals surface area contributed by atoms with Crippen LogP contribution in [-0.4, -0.2) is 66.7 Å². The molecule has 2 heterocycles. The number of rotatable bonds is 14. The minimum Gasteiger partial charge on any atom is -0.480 e. The molecule has 9 nitrogen and oxygen atoms in total. The molecule has 0 spiro atoms. The van der Waals surface area contributed by atoms with E-state index in [1.165, 1.54) is 24.3 Å². The third-order valence-electron chi connectivity index (χ3n) is 6.14. The fourth-order valence-electron chi connectivity index (χ4n) is 3.75. The smallest absolute Gasteiger partial charge is 0.344 e. The highest BCUT2D eigenvalue weighted by atomic mass is 79.9. The molecule has 2 aromatic carbocycles. The lowest BCUT2D eigenvalue weighted by atomic mass is 9.95. The summed E-state index contributed by atoms with van der Waals surface area (Å²) in [5.74, 6) is -3.36. The number of benzene rings is 2. The maximum absolute atomic E-state index is 13.1. The van der Waals surface area contributed by atoms with Gasteiger partial charge in [0, 0.05) is 12.7 Å². The number of aromatic nitrogens is 2.